The Labute approximate surface area is 131 Å². The molecule has 0 fully saturated rings. The molecule has 1 aromatic rings. The van der Waals surface area contributed by atoms with Crippen molar-refractivity contribution >= 4 is 25.6 Å². The van der Waals surface area contributed by atoms with Crippen molar-refractivity contribution in [3.63, 3.8) is 0 Å². The van der Waals surface area contributed by atoms with E-state index in [0.717, 1.165) is 19.3 Å². The first-order valence-corrected chi connectivity index (χ1v) is 9.37. The van der Waals surface area contributed by atoms with Gasteiger partial charge in [0.25, 0.3) is 15.0 Å². The SMILES string of the molecule is CCC(CC)(CC)NC(=O)c1cc(C)cc(S(=O)(=O)Cl)c1. The standard InChI is InChI=1S/C15H22ClNO3S/c1-5-15(6-2,7-3)17-14(18)12-8-11(4)9-13(10-12)21(16,19)20/h8-10H,5-7H2,1-4H3,(H,17,18). The Morgan fingerprint density at radius 2 is 1.67 bits per heavy atom. The predicted molar refractivity (Wildman–Crippen MR) is 85.3 cm³/mol. The van der Waals surface area contributed by atoms with E-state index in [1.54, 1.807) is 13.0 Å². The minimum absolute atomic E-state index is 0.0515. The third kappa shape index (κ3) is 4.45. The first-order valence-electron chi connectivity index (χ1n) is 7.06. The van der Waals surface area contributed by atoms with Gasteiger partial charge in [0.1, 0.15) is 0 Å². The summed E-state index contributed by atoms with van der Waals surface area (Å²) in [6.45, 7) is 7.81. The molecule has 21 heavy (non-hydrogen) atoms. The largest absolute Gasteiger partial charge is 0.347 e. The van der Waals surface area contributed by atoms with Crippen LogP contribution in [0.25, 0.3) is 0 Å². The van der Waals surface area contributed by atoms with E-state index in [1.165, 1.54) is 12.1 Å². The monoisotopic (exact) mass is 331 g/mol. The molecule has 0 aliphatic heterocycles. The summed E-state index contributed by atoms with van der Waals surface area (Å²) in [7, 11) is 1.51. The molecule has 6 heteroatoms. The topological polar surface area (TPSA) is 63.2 Å². The molecule has 0 aliphatic carbocycles. The van der Waals surface area contributed by atoms with Gasteiger partial charge in [0.05, 0.1) is 4.90 Å². The summed E-state index contributed by atoms with van der Waals surface area (Å²) in [5.41, 5.74) is 0.729. The van der Waals surface area contributed by atoms with Gasteiger partial charge in [-0.3, -0.25) is 4.79 Å². The lowest BCUT2D eigenvalue weighted by atomic mass is 9.89. The third-order valence-corrected chi connectivity index (χ3v) is 5.34. The maximum Gasteiger partial charge on any atom is 0.261 e. The van der Waals surface area contributed by atoms with Crippen molar-refractivity contribution < 1.29 is 13.2 Å². The van der Waals surface area contributed by atoms with Crippen LogP contribution in [0.3, 0.4) is 0 Å². The van der Waals surface area contributed by atoms with E-state index in [2.05, 4.69) is 5.32 Å². The molecule has 0 unspecified atom stereocenters. The summed E-state index contributed by atoms with van der Waals surface area (Å²) in [5, 5.41) is 3.02. The number of nitrogens with one attached hydrogen (secondary N) is 1. The molecule has 0 bridgehead atoms. The fraction of sp³-hybridized carbons (Fsp3) is 0.533. The van der Waals surface area contributed by atoms with Gasteiger partial charge in [0.2, 0.25) is 0 Å². The molecule has 0 saturated carbocycles. The van der Waals surface area contributed by atoms with Crippen LogP contribution in [0.15, 0.2) is 23.1 Å². The van der Waals surface area contributed by atoms with Gasteiger partial charge < -0.3 is 5.32 Å². The second kappa shape index (κ2) is 6.79. The number of rotatable bonds is 6. The van der Waals surface area contributed by atoms with E-state index >= 15 is 0 Å². The Bertz CT molecular complexity index is 614. The van der Waals surface area contributed by atoms with Crippen molar-refractivity contribution in [2.75, 3.05) is 0 Å². The minimum Gasteiger partial charge on any atom is -0.347 e. The van der Waals surface area contributed by atoms with Gasteiger partial charge in [0, 0.05) is 21.8 Å². The zero-order chi connectivity index (χ0) is 16.3. The fourth-order valence-electron chi connectivity index (χ4n) is 2.35. The molecule has 0 heterocycles. The van der Waals surface area contributed by atoms with Crippen LogP contribution in [0, 0.1) is 6.92 Å². The number of carbonyl (C=O) groups is 1. The van der Waals surface area contributed by atoms with E-state index in [-0.39, 0.29) is 16.3 Å². The van der Waals surface area contributed by atoms with E-state index in [1.807, 2.05) is 20.8 Å². The molecule has 1 amide bonds. The highest BCUT2D eigenvalue weighted by molar-refractivity contribution is 8.13. The number of carbonyl (C=O) groups excluding carboxylic acids is 1. The molecule has 4 nitrogen and oxygen atoms in total. The van der Waals surface area contributed by atoms with Crippen molar-refractivity contribution in [2.45, 2.75) is 57.4 Å². The van der Waals surface area contributed by atoms with Crippen molar-refractivity contribution in [1.29, 1.82) is 0 Å². The van der Waals surface area contributed by atoms with Gasteiger partial charge in [-0.05, 0) is 49.9 Å². The lowest BCUT2D eigenvalue weighted by Crippen LogP contribution is -2.47. The maximum atomic E-state index is 12.4. The number of hydrogen-bond donors (Lipinski definition) is 1. The first-order chi connectivity index (χ1) is 9.67. The zero-order valence-corrected chi connectivity index (χ0v) is 14.4. The van der Waals surface area contributed by atoms with E-state index in [0.29, 0.717) is 11.1 Å². The predicted octanol–water partition coefficient (Wildman–Crippen LogP) is 3.62. The molecule has 118 valence electrons. The maximum absolute atomic E-state index is 12.4. The molecule has 0 atom stereocenters. The minimum atomic E-state index is -3.85. The number of amides is 1. The summed E-state index contributed by atoms with van der Waals surface area (Å²) in [5.74, 6) is -0.272. The van der Waals surface area contributed by atoms with Gasteiger partial charge in [-0.1, -0.05) is 20.8 Å². The highest BCUT2D eigenvalue weighted by Crippen LogP contribution is 2.22. The van der Waals surface area contributed by atoms with Gasteiger partial charge in [-0.2, -0.15) is 0 Å². The number of benzene rings is 1. The second-order valence-corrected chi connectivity index (χ2v) is 7.83. The number of hydrogen-bond acceptors (Lipinski definition) is 3. The summed E-state index contributed by atoms with van der Waals surface area (Å²) < 4.78 is 22.9. The second-order valence-electron chi connectivity index (χ2n) is 5.27. The van der Waals surface area contributed by atoms with Gasteiger partial charge in [-0.15, -0.1) is 0 Å². The van der Waals surface area contributed by atoms with Gasteiger partial charge in [0.15, 0.2) is 0 Å². The number of aryl methyl sites for hydroxylation is 1. The molecule has 0 radical (unpaired) electrons. The average Bonchev–Trinajstić information content (AvgIpc) is 2.43. The van der Waals surface area contributed by atoms with Crippen molar-refractivity contribution in [3.05, 3.63) is 29.3 Å². The lowest BCUT2D eigenvalue weighted by Gasteiger charge is -2.31. The van der Waals surface area contributed by atoms with Crippen LogP contribution in [0.1, 0.15) is 56.0 Å². The molecule has 0 saturated heterocycles. The van der Waals surface area contributed by atoms with E-state index < -0.39 is 9.05 Å². The van der Waals surface area contributed by atoms with Crippen molar-refractivity contribution in [2.24, 2.45) is 0 Å². The third-order valence-electron chi connectivity index (χ3n) is 4.00. The van der Waals surface area contributed by atoms with Crippen LogP contribution in [0.2, 0.25) is 0 Å². The van der Waals surface area contributed by atoms with Crippen molar-refractivity contribution in [1.82, 2.24) is 5.32 Å². The normalized spacial score (nSPS) is 12.2. The van der Waals surface area contributed by atoms with Gasteiger partial charge in [-0.25, -0.2) is 8.42 Å². The van der Waals surface area contributed by atoms with Crippen LogP contribution in [0.5, 0.6) is 0 Å². The van der Waals surface area contributed by atoms with Crippen LogP contribution in [-0.2, 0) is 9.05 Å². The molecular weight excluding hydrogens is 310 g/mol. The molecule has 1 rings (SSSR count). The van der Waals surface area contributed by atoms with Crippen molar-refractivity contribution in [3.8, 4) is 0 Å². The Balaban J connectivity index is 3.17. The summed E-state index contributed by atoms with van der Waals surface area (Å²) in [6.07, 6.45) is 2.45. The fourth-order valence-corrected chi connectivity index (χ4v) is 3.21. The quantitative estimate of drug-likeness (QED) is 0.810. The highest BCUT2D eigenvalue weighted by Gasteiger charge is 2.26. The summed E-state index contributed by atoms with van der Waals surface area (Å²) in [6, 6.07) is 4.43. The average molecular weight is 332 g/mol. The van der Waals surface area contributed by atoms with Crippen LogP contribution in [0.4, 0.5) is 0 Å². The Kier molecular flexibility index (Phi) is 5.82. The molecule has 1 aromatic carbocycles. The Morgan fingerprint density at radius 3 is 2.10 bits per heavy atom. The molecule has 1 N–H and O–H groups in total. The van der Waals surface area contributed by atoms with E-state index in [4.69, 9.17) is 10.7 Å². The van der Waals surface area contributed by atoms with Crippen LogP contribution < -0.4 is 5.32 Å². The molecule has 0 aliphatic rings. The molecular formula is C15H22ClNO3S. The highest BCUT2D eigenvalue weighted by atomic mass is 35.7. The summed E-state index contributed by atoms with van der Waals surface area (Å²) in [4.78, 5) is 12.4. The lowest BCUT2D eigenvalue weighted by molar-refractivity contribution is 0.0888. The smallest absolute Gasteiger partial charge is 0.261 e. The number of halogens is 1. The van der Waals surface area contributed by atoms with E-state index in [9.17, 15) is 13.2 Å². The molecule has 0 spiro atoms. The first kappa shape index (κ1) is 18.0. The van der Waals surface area contributed by atoms with Gasteiger partial charge >= 0.3 is 0 Å². The Hall–Kier alpha value is -1.07. The Morgan fingerprint density at radius 1 is 1.14 bits per heavy atom. The van der Waals surface area contributed by atoms with Crippen LogP contribution >= 0.6 is 10.7 Å². The van der Waals surface area contributed by atoms with Crippen LogP contribution in [-0.4, -0.2) is 19.9 Å². The zero-order valence-electron chi connectivity index (χ0n) is 12.9. The molecule has 0 aromatic heterocycles. The summed E-state index contributed by atoms with van der Waals surface area (Å²) >= 11 is 0.